The SMILES string of the molecule is CC1Oc2ccccc2OC1C(=O)OCC(=O)Nc1ccc(F)c(F)c1. The first-order chi connectivity index (χ1) is 12.4. The van der Waals surface area contributed by atoms with E-state index in [1.54, 1.807) is 31.2 Å². The van der Waals surface area contributed by atoms with Gasteiger partial charge in [0.05, 0.1) is 0 Å². The van der Waals surface area contributed by atoms with E-state index in [4.69, 9.17) is 14.2 Å². The van der Waals surface area contributed by atoms with Crippen LogP contribution >= 0.6 is 0 Å². The molecule has 0 saturated carbocycles. The van der Waals surface area contributed by atoms with Gasteiger partial charge in [-0.05, 0) is 31.2 Å². The van der Waals surface area contributed by atoms with Gasteiger partial charge in [0.1, 0.15) is 6.10 Å². The minimum Gasteiger partial charge on any atom is -0.482 e. The van der Waals surface area contributed by atoms with E-state index in [0.29, 0.717) is 11.5 Å². The molecular weight excluding hydrogens is 348 g/mol. The third-order valence-electron chi connectivity index (χ3n) is 3.62. The lowest BCUT2D eigenvalue weighted by atomic mass is 10.2. The average molecular weight is 363 g/mol. The van der Waals surface area contributed by atoms with E-state index < -0.39 is 42.3 Å². The lowest BCUT2D eigenvalue weighted by Crippen LogP contribution is -2.45. The number of hydrogen-bond acceptors (Lipinski definition) is 5. The van der Waals surface area contributed by atoms with Gasteiger partial charge in [-0.3, -0.25) is 4.79 Å². The second kappa shape index (κ2) is 7.38. The summed E-state index contributed by atoms with van der Waals surface area (Å²) in [7, 11) is 0. The average Bonchev–Trinajstić information content (AvgIpc) is 2.62. The fourth-order valence-corrected chi connectivity index (χ4v) is 2.37. The van der Waals surface area contributed by atoms with Crippen LogP contribution in [0.3, 0.4) is 0 Å². The van der Waals surface area contributed by atoms with Crippen LogP contribution in [0.15, 0.2) is 42.5 Å². The topological polar surface area (TPSA) is 73.9 Å². The Balaban J connectivity index is 1.55. The molecule has 2 aromatic carbocycles. The third-order valence-corrected chi connectivity index (χ3v) is 3.62. The highest BCUT2D eigenvalue weighted by molar-refractivity contribution is 5.93. The van der Waals surface area contributed by atoms with Gasteiger partial charge in [0, 0.05) is 11.8 Å². The number of halogens is 2. The van der Waals surface area contributed by atoms with Gasteiger partial charge in [0.15, 0.2) is 29.7 Å². The molecule has 136 valence electrons. The molecule has 0 bridgehead atoms. The van der Waals surface area contributed by atoms with E-state index in [0.717, 1.165) is 12.1 Å². The fraction of sp³-hybridized carbons (Fsp3) is 0.222. The zero-order valence-electron chi connectivity index (χ0n) is 13.7. The summed E-state index contributed by atoms with van der Waals surface area (Å²) in [4.78, 5) is 24.0. The minimum absolute atomic E-state index is 0.0458. The van der Waals surface area contributed by atoms with Gasteiger partial charge in [-0.2, -0.15) is 0 Å². The summed E-state index contributed by atoms with van der Waals surface area (Å²) in [5, 5.41) is 2.30. The maximum absolute atomic E-state index is 13.1. The quantitative estimate of drug-likeness (QED) is 0.846. The number of benzene rings is 2. The van der Waals surface area contributed by atoms with Crippen LogP contribution in [0.1, 0.15) is 6.92 Å². The molecule has 2 atom stereocenters. The molecule has 1 N–H and O–H groups in total. The summed E-state index contributed by atoms with van der Waals surface area (Å²) in [6.45, 7) is 1.04. The zero-order chi connectivity index (χ0) is 18.7. The first kappa shape index (κ1) is 17.7. The maximum Gasteiger partial charge on any atom is 0.351 e. The Morgan fingerprint density at radius 2 is 1.77 bits per heavy atom. The van der Waals surface area contributed by atoms with Crippen LogP contribution in [-0.2, 0) is 14.3 Å². The molecule has 1 aliphatic heterocycles. The normalized spacial score (nSPS) is 18.1. The van der Waals surface area contributed by atoms with Crippen molar-refractivity contribution in [1.29, 1.82) is 0 Å². The van der Waals surface area contributed by atoms with Gasteiger partial charge < -0.3 is 19.5 Å². The molecule has 0 radical (unpaired) electrons. The Morgan fingerprint density at radius 3 is 2.46 bits per heavy atom. The van der Waals surface area contributed by atoms with Crippen molar-refractivity contribution in [1.82, 2.24) is 0 Å². The molecule has 0 spiro atoms. The number of amides is 1. The van der Waals surface area contributed by atoms with Crippen molar-refractivity contribution in [3.8, 4) is 11.5 Å². The van der Waals surface area contributed by atoms with Gasteiger partial charge in [-0.15, -0.1) is 0 Å². The van der Waals surface area contributed by atoms with Crippen molar-refractivity contribution in [3.05, 3.63) is 54.1 Å². The Morgan fingerprint density at radius 1 is 1.08 bits per heavy atom. The summed E-state index contributed by atoms with van der Waals surface area (Å²) in [6.07, 6.45) is -1.63. The minimum atomic E-state index is -1.10. The zero-order valence-corrected chi connectivity index (χ0v) is 13.7. The van der Waals surface area contributed by atoms with E-state index in [9.17, 15) is 18.4 Å². The molecule has 0 fully saturated rings. The maximum atomic E-state index is 13.1. The van der Waals surface area contributed by atoms with Crippen LogP contribution in [0.2, 0.25) is 0 Å². The van der Waals surface area contributed by atoms with E-state index in [2.05, 4.69) is 5.32 Å². The predicted molar refractivity (Wildman–Crippen MR) is 86.9 cm³/mol. The van der Waals surface area contributed by atoms with Gasteiger partial charge in [-0.1, -0.05) is 12.1 Å². The van der Waals surface area contributed by atoms with E-state index in [-0.39, 0.29) is 5.69 Å². The number of fused-ring (bicyclic) bond motifs is 1. The number of nitrogens with one attached hydrogen (secondary N) is 1. The second-order valence-electron chi connectivity index (χ2n) is 5.59. The molecule has 1 aliphatic rings. The van der Waals surface area contributed by atoms with Gasteiger partial charge in [0.2, 0.25) is 6.10 Å². The second-order valence-corrected chi connectivity index (χ2v) is 5.59. The monoisotopic (exact) mass is 363 g/mol. The van der Waals surface area contributed by atoms with Gasteiger partial charge in [0.25, 0.3) is 5.91 Å². The predicted octanol–water partition coefficient (Wildman–Crippen LogP) is 2.68. The van der Waals surface area contributed by atoms with Crippen molar-refractivity contribution >= 4 is 17.6 Å². The molecular formula is C18H15F2NO5. The van der Waals surface area contributed by atoms with E-state index in [1.165, 1.54) is 6.07 Å². The lowest BCUT2D eigenvalue weighted by molar-refractivity contribution is -0.159. The number of carbonyl (C=O) groups excluding carboxylic acids is 2. The summed E-state index contributed by atoms with van der Waals surface area (Å²) >= 11 is 0. The van der Waals surface area contributed by atoms with Crippen molar-refractivity contribution in [2.24, 2.45) is 0 Å². The van der Waals surface area contributed by atoms with Crippen LogP contribution in [0.5, 0.6) is 11.5 Å². The smallest absolute Gasteiger partial charge is 0.351 e. The Kier molecular flexibility index (Phi) is 5.01. The van der Waals surface area contributed by atoms with Crippen molar-refractivity contribution < 1.29 is 32.6 Å². The molecule has 2 unspecified atom stereocenters. The summed E-state index contributed by atoms with van der Waals surface area (Å²) in [5.74, 6) is -2.68. The number of anilines is 1. The number of rotatable bonds is 4. The van der Waals surface area contributed by atoms with Crippen LogP contribution in [0, 0.1) is 11.6 Å². The summed E-state index contributed by atoms with van der Waals surface area (Å²) in [5.41, 5.74) is 0.0458. The molecule has 0 aliphatic carbocycles. The summed E-state index contributed by atoms with van der Waals surface area (Å²) in [6, 6.07) is 9.76. The van der Waals surface area contributed by atoms with Crippen molar-refractivity contribution in [3.63, 3.8) is 0 Å². The Hall–Kier alpha value is -3.16. The molecule has 1 amide bonds. The fourth-order valence-electron chi connectivity index (χ4n) is 2.37. The van der Waals surface area contributed by atoms with Crippen LogP contribution in [-0.4, -0.2) is 30.7 Å². The lowest BCUT2D eigenvalue weighted by Gasteiger charge is -2.30. The number of hydrogen-bond donors (Lipinski definition) is 1. The van der Waals surface area contributed by atoms with Crippen LogP contribution < -0.4 is 14.8 Å². The Labute approximate surface area is 147 Å². The molecule has 1 heterocycles. The van der Waals surface area contributed by atoms with E-state index >= 15 is 0 Å². The highest BCUT2D eigenvalue weighted by Crippen LogP contribution is 2.33. The standard InChI is InChI=1S/C18H15F2NO5/c1-10-17(26-15-5-3-2-4-14(15)25-10)18(23)24-9-16(22)21-11-6-7-12(19)13(20)8-11/h2-8,10,17H,9H2,1H3,(H,21,22). The Bertz CT molecular complexity index is 842. The third kappa shape index (κ3) is 3.90. The van der Waals surface area contributed by atoms with Crippen molar-refractivity contribution in [2.75, 3.05) is 11.9 Å². The molecule has 2 aromatic rings. The van der Waals surface area contributed by atoms with Crippen LogP contribution in [0.25, 0.3) is 0 Å². The number of ether oxygens (including phenoxy) is 3. The molecule has 0 aromatic heterocycles. The highest BCUT2D eigenvalue weighted by atomic mass is 19.2. The number of para-hydroxylation sites is 2. The number of carbonyl (C=O) groups is 2. The first-order valence-corrected chi connectivity index (χ1v) is 7.78. The molecule has 26 heavy (non-hydrogen) atoms. The summed E-state index contributed by atoms with van der Waals surface area (Å²) < 4.78 is 42.0. The van der Waals surface area contributed by atoms with Gasteiger partial charge in [-0.25, -0.2) is 13.6 Å². The molecule has 8 heteroatoms. The van der Waals surface area contributed by atoms with E-state index in [1.807, 2.05) is 0 Å². The molecule has 3 rings (SSSR count). The van der Waals surface area contributed by atoms with Crippen molar-refractivity contribution in [2.45, 2.75) is 19.1 Å². The van der Waals surface area contributed by atoms with Crippen LogP contribution in [0.4, 0.5) is 14.5 Å². The largest absolute Gasteiger partial charge is 0.482 e. The molecule has 6 nitrogen and oxygen atoms in total. The number of esters is 1. The van der Waals surface area contributed by atoms with Gasteiger partial charge >= 0.3 is 5.97 Å². The highest BCUT2D eigenvalue weighted by Gasteiger charge is 2.35. The first-order valence-electron chi connectivity index (χ1n) is 7.78. The molecule has 0 saturated heterocycles.